The van der Waals surface area contributed by atoms with E-state index in [1.807, 2.05) is 6.08 Å². The molecule has 0 aromatic heterocycles. The number of hydrogen-bond donors (Lipinski definition) is 0. The highest BCUT2D eigenvalue weighted by Crippen LogP contribution is 2.45. The van der Waals surface area contributed by atoms with Gasteiger partial charge in [0.15, 0.2) is 11.6 Å². The number of ether oxygens (including phenoxy) is 1. The molecule has 0 aliphatic heterocycles. The largest absolute Gasteiger partial charge is 0.573 e. The van der Waals surface area contributed by atoms with Crippen molar-refractivity contribution in [1.29, 1.82) is 0 Å². The van der Waals surface area contributed by atoms with Crippen molar-refractivity contribution in [2.45, 2.75) is 89.3 Å². The van der Waals surface area contributed by atoms with E-state index in [1.54, 1.807) is 0 Å². The standard InChI is InChI=1S/C25H33F5O/c1-2-3-4-5-6-17-7-9-18(10-8-17)19-11-13-20(14-12-19)21-15-22(26)24(23(27)16-21)31-25(28,29)30/h2,15-20H,1,3-14H2/t17-,18-,19-,20-. The number of hydrogen-bond acceptors (Lipinski definition) is 1. The molecule has 2 saturated carbocycles. The molecule has 0 radical (unpaired) electrons. The molecular formula is C25H33F5O. The van der Waals surface area contributed by atoms with Crippen molar-refractivity contribution in [2.75, 3.05) is 0 Å². The van der Waals surface area contributed by atoms with Crippen molar-refractivity contribution < 1.29 is 26.7 Å². The summed E-state index contributed by atoms with van der Waals surface area (Å²) in [4.78, 5) is 0. The van der Waals surface area contributed by atoms with Crippen LogP contribution in [0.15, 0.2) is 24.8 Å². The summed E-state index contributed by atoms with van der Waals surface area (Å²) in [5.74, 6) is -1.73. The molecule has 1 aromatic carbocycles. The lowest BCUT2D eigenvalue weighted by Gasteiger charge is -2.38. The van der Waals surface area contributed by atoms with Gasteiger partial charge in [0.1, 0.15) is 0 Å². The van der Waals surface area contributed by atoms with Crippen LogP contribution in [0.25, 0.3) is 0 Å². The Balaban J connectivity index is 1.47. The predicted octanol–water partition coefficient (Wildman–Crippen LogP) is 8.69. The molecule has 3 rings (SSSR count). The van der Waals surface area contributed by atoms with Crippen LogP contribution in [-0.2, 0) is 0 Å². The second-order valence-electron chi connectivity index (χ2n) is 9.33. The average Bonchev–Trinajstić information content (AvgIpc) is 2.74. The Hall–Kier alpha value is -1.59. The Kier molecular flexibility index (Phi) is 8.40. The summed E-state index contributed by atoms with van der Waals surface area (Å²) in [5.41, 5.74) is 0.436. The van der Waals surface area contributed by atoms with Gasteiger partial charge in [0.2, 0.25) is 5.75 Å². The average molecular weight is 445 g/mol. The minimum atomic E-state index is -5.12. The number of alkyl halides is 3. The van der Waals surface area contributed by atoms with Gasteiger partial charge in [-0.3, -0.25) is 0 Å². The van der Waals surface area contributed by atoms with Crippen LogP contribution in [0.4, 0.5) is 22.0 Å². The van der Waals surface area contributed by atoms with Crippen molar-refractivity contribution >= 4 is 0 Å². The fraction of sp³-hybridized carbons (Fsp3) is 0.680. The molecule has 0 heterocycles. The maximum Gasteiger partial charge on any atom is 0.573 e. The van der Waals surface area contributed by atoms with E-state index >= 15 is 0 Å². The molecule has 31 heavy (non-hydrogen) atoms. The lowest BCUT2D eigenvalue weighted by molar-refractivity contribution is -0.276. The molecule has 0 bridgehead atoms. The third-order valence-corrected chi connectivity index (χ3v) is 7.31. The molecule has 0 saturated heterocycles. The maximum atomic E-state index is 14.1. The van der Waals surface area contributed by atoms with Gasteiger partial charge in [-0.15, -0.1) is 19.8 Å². The third kappa shape index (κ3) is 6.95. The summed E-state index contributed by atoms with van der Waals surface area (Å²) in [7, 11) is 0. The van der Waals surface area contributed by atoms with Crippen molar-refractivity contribution in [3.63, 3.8) is 0 Å². The molecule has 174 valence electrons. The van der Waals surface area contributed by atoms with Crippen LogP contribution in [0.2, 0.25) is 0 Å². The highest BCUT2D eigenvalue weighted by Gasteiger charge is 2.35. The van der Waals surface area contributed by atoms with Gasteiger partial charge < -0.3 is 4.74 Å². The first-order chi connectivity index (χ1) is 14.8. The predicted molar refractivity (Wildman–Crippen MR) is 112 cm³/mol. The van der Waals surface area contributed by atoms with Gasteiger partial charge >= 0.3 is 6.36 Å². The molecule has 1 nitrogen and oxygen atoms in total. The summed E-state index contributed by atoms with van der Waals surface area (Å²) in [6, 6.07) is 2.01. The first-order valence-corrected chi connectivity index (χ1v) is 11.6. The van der Waals surface area contributed by atoms with Crippen LogP contribution < -0.4 is 4.74 Å². The second kappa shape index (κ2) is 10.8. The first kappa shape index (κ1) is 24.1. The summed E-state index contributed by atoms with van der Waals surface area (Å²) in [6.07, 6.45) is 10.6. The molecule has 2 aliphatic carbocycles. The fourth-order valence-electron chi connectivity index (χ4n) is 5.62. The van der Waals surface area contributed by atoms with Crippen molar-refractivity contribution in [3.05, 3.63) is 42.0 Å². The maximum absolute atomic E-state index is 14.1. The van der Waals surface area contributed by atoms with E-state index in [4.69, 9.17) is 0 Å². The Bertz CT molecular complexity index is 690. The van der Waals surface area contributed by atoms with Gasteiger partial charge in [0, 0.05) is 0 Å². The van der Waals surface area contributed by atoms with E-state index in [1.165, 1.54) is 44.9 Å². The van der Waals surface area contributed by atoms with E-state index in [9.17, 15) is 22.0 Å². The number of unbranched alkanes of at least 4 members (excludes halogenated alkanes) is 2. The smallest absolute Gasteiger partial charge is 0.399 e. The molecule has 0 spiro atoms. The van der Waals surface area contributed by atoms with Crippen LogP contribution in [0.1, 0.15) is 88.5 Å². The van der Waals surface area contributed by atoms with Gasteiger partial charge in [-0.1, -0.05) is 31.8 Å². The van der Waals surface area contributed by atoms with Gasteiger partial charge in [0.05, 0.1) is 0 Å². The number of halogens is 5. The zero-order valence-electron chi connectivity index (χ0n) is 18.0. The van der Waals surface area contributed by atoms with Gasteiger partial charge in [-0.05, 0) is 92.7 Å². The molecule has 1 aromatic rings. The number of benzene rings is 1. The van der Waals surface area contributed by atoms with E-state index in [0.29, 0.717) is 11.5 Å². The van der Waals surface area contributed by atoms with Crippen LogP contribution in [0.3, 0.4) is 0 Å². The molecular weight excluding hydrogens is 411 g/mol. The zero-order valence-corrected chi connectivity index (χ0v) is 18.0. The third-order valence-electron chi connectivity index (χ3n) is 7.31. The van der Waals surface area contributed by atoms with Crippen LogP contribution in [0, 0.1) is 29.4 Å². The van der Waals surface area contributed by atoms with E-state index in [-0.39, 0.29) is 5.92 Å². The second-order valence-corrected chi connectivity index (χ2v) is 9.33. The monoisotopic (exact) mass is 444 g/mol. The minimum Gasteiger partial charge on any atom is -0.399 e. The molecule has 2 fully saturated rings. The van der Waals surface area contributed by atoms with Gasteiger partial charge in [-0.2, -0.15) is 0 Å². The summed E-state index contributed by atoms with van der Waals surface area (Å²) in [5, 5.41) is 0. The molecule has 0 amide bonds. The van der Waals surface area contributed by atoms with Crippen molar-refractivity contribution in [1.82, 2.24) is 0 Å². The molecule has 0 atom stereocenters. The zero-order chi connectivity index (χ0) is 22.4. The molecule has 0 N–H and O–H groups in total. The van der Waals surface area contributed by atoms with Crippen molar-refractivity contribution in [3.8, 4) is 5.75 Å². The van der Waals surface area contributed by atoms with Gasteiger partial charge in [0.25, 0.3) is 0 Å². The number of rotatable bonds is 8. The van der Waals surface area contributed by atoms with Crippen LogP contribution >= 0.6 is 0 Å². The highest BCUT2D eigenvalue weighted by atomic mass is 19.4. The summed E-state index contributed by atoms with van der Waals surface area (Å²) < 4.78 is 68.6. The first-order valence-electron chi connectivity index (χ1n) is 11.6. The van der Waals surface area contributed by atoms with Crippen molar-refractivity contribution in [2.24, 2.45) is 17.8 Å². The lowest BCUT2D eigenvalue weighted by Crippen LogP contribution is -2.25. The molecule has 2 aliphatic rings. The Labute approximate surface area is 182 Å². The number of allylic oxidation sites excluding steroid dienone is 1. The topological polar surface area (TPSA) is 9.23 Å². The minimum absolute atomic E-state index is 0.0126. The van der Waals surface area contributed by atoms with Gasteiger partial charge in [-0.25, -0.2) is 8.78 Å². The fourth-order valence-corrected chi connectivity index (χ4v) is 5.62. The Morgan fingerprint density at radius 3 is 1.94 bits per heavy atom. The van der Waals surface area contributed by atoms with Crippen LogP contribution in [-0.4, -0.2) is 6.36 Å². The Morgan fingerprint density at radius 1 is 0.871 bits per heavy atom. The molecule has 6 heteroatoms. The summed E-state index contributed by atoms with van der Waals surface area (Å²) >= 11 is 0. The summed E-state index contributed by atoms with van der Waals surface area (Å²) in [6.45, 7) is 3.77. The SMILES string of the molecule is C=CCCCC[C@H]1CC[C@H]([C@H]2CC[C@H](c3cc(F)c(OC(F)(F)F)c(F)c3)CC2)CC1. The van der Waals surface area contributed by atoms with E-state index < -0.39 is 23.7 Å². The van der Waals surface area contributed by atoms with E-state index in [0.717, 1.165) is 56.1 Å². The quantitative estimate of drug-likeness (QED) is 0.221. The normalized spacial score (nSPS) is 27.1. The Morgan fingerprint density at radius 2 is 1.42 bits per heavy atom. The molecule has 0 unspecified atom stereocenters. The lowest BCUT2D eigenvalue weighted by atomic mass is 9.68. The van der Waals surface area contributed by atoms with Crippen LogP contribution in [0.5, 0.6) is 5.75 Å². The van der Waals surface area contributed by atoms with E-state index in [2.05, 4.69) is 11.3 Å². The highest BCUT2D eigenvalue weighted by molar-refractivity contribution is 5.33.